The maximum Gasteiger partial charge on any atom is 0.261 e. The largest absolute Gasteiger partial charge is 0.494 e. The van der Waals surface area contributed by atoms with Crippen LogP contribution in [0, 0.1) is 12.7 Å². The topological polar surface area (TPSA) is 43.4 Å². The van der Waals surface area contributed by atoms with Gasteiger partial charge in [-0.25, -0.2) is 12.8 Å². The lowest BCUT2D eigenvalue weighted by Crippen LogP contribution is -1.99. The molecule has 0 radical (unpaired) electrons. The quantitative estimate of drug-likeness (QED) is 0.741. The fourth-order valence-electron chi connectivity index (χ4n) is 1.06. The Morgan fingerprint density at radius 3 is 2.43 bits per heavy atom. The van der Waals surface area contributed by atoms with Gasteiger partial charge in [-0.2, -0.15) is 0 Å². The van der Waals surface area contributed by atoms with E-state index in [4.69, 9.17) is 10.7 Å². The van der Waals surface area contributed by atoms with Crippen molar-refractivity contribution < 1.29 is 17.5 Å². The van der Waals surface area contributed by atoms with Crippen LogP contribution < -0.4 is 4.74 Å². The molecule has 0 saturated carbocycles. The molecule has 0 amide bonds. The van der Waals surface area contributed by atoms with Crippen molar-refractivity contribution in [3.05, 3.63) is 23.5 Å². The van der Waals surface area contributed by atoms with E-state index in [1.54, 1.807) is 0 Å². The Labute approximate surface area is 85.9 Å². The number of rotatable bonds is 2. The molecule has 0 aliphatic rings. The summed E-state index contributed by atoms with van der Waals surface area (Å²) in [5.74, 6) is -0.721. The lowest BCUT2D eigenvalue weighted by atomic mass is 10.2. The van der Waals surface area contributed by atoms with Crippen LogP contribution in [-0.4, -0.2) is 15.5 Å². The van der Waals surface area contributed by atoms with Gasteiger partial charge < -0.3 is 4.74 Å². The lowest BCUT2D eigenvalue weighted by Gasteiger charge is -2.07. The molecular formula is C8H8ClFO3S. The third-order valence-electron chi connectivity index (χ3n) is 1.78. The molecule has 78 valence electrons. The van der Waals surface area contributed by atoms with Crippen LogP contribution in [0.1, 0.15) is 5.56 Å². The zero-order valence-electron chi connectivity index (χ0n) is 7.54. The highest BCUT2D eigenvalue weighted by molar-refractivity contribution is 8.13. The molecule has 0 N–H and O–H groups in total. The van der Waals surface area contributed by atoms with E-state index in [2.05, 4.69) is 4.74 Å². The minimum Gasteiger partial charge on any atom is -0.494 e. The van der Waals surface area contributed by atoms with Crippen LogP contribution in [0.4, 0.5) is 4.39 Å². The molecule has 1 aromatic rings. The van der Waals surface area contributed by atoms with Crippen LogP contribution in [0.2, 0.25) is 0 Å². The highest BCUT2D eigenvalue weighted by Gasteiger charge is 2.18. The number of methoxy groups -OCH3 is 1. The fourth-order valence-corrected chi connectivity index (χ4v) is 2.25. The van der Waals surface area contributed by atoms with Crippen molar-refractivity contribution in [2.24, 2.45) is 0 Å². The first-order valence-corrected chi connectivity index (χ1v) is 5.96. The summed E-state index contributed by atoms with van der Waals surface area (Å²) in [5, 5.41) is 0. The molecule has 0 fully saturated rings. The zero-order valence-corrected chi connectivity index (χ0v) is 9.12. The number of benzene rings is 1. The first-order chi connectivity index (χ1) is 6.38. The van der Waals surface area contributed by atoms with E-state index < -0.39 is 14.9 Å². The smallest absolute Gasteiger partial charge is 0.261 e. The highest BCUT2D eigenvalue weighted by Crippen LogP contribution is 2.27. The van der Waals surface area contributed by atoms with Crippen LogP contribution in [0.15, 0.2) is 17.0 Å². The molecule has 1 rings (SSSR count). The van der Waals surface area contributed by atoms with Crippen LogP contribution in [0.5, 0.6) is 5.75 Å². The van der Waals surface area contributed by atoms with Gasteiger partial charge in [0.2, 0.25) is 0 Å². The number of halogens is 2. The highest BCUT2D eigenvalue weighted by atomic mass is 35.7. The maximum atomic E-state index is 13.3. The van der Waals surface area contributed by atoms with Gasteiger partial charge in [0.1, 0.15) is 0 Å². The van der Waals surface area contributed by atoms with Gasteiger partial charge in [-0.05, 0) is 19.1 Å². The molecule has 0 aliphatic heterocycles. The summed E-state index contributed by atoms with van der Waals surface area (Å²) in [6, 6.07) is 2.43. The van der Waals surface area contributed by atoms with Gasteiger partial charge in [0.05, 0.1) is 12.0 Å². The Kier molecular flexibility index (Phi) is 3.01. The van der Waals surface area contributed by atoms with Crippen molar-refractivity contribution in [2.45, 2.75) is 11.8 Å². The maximum absolute atomic E-state index is 13.3. The first kappa shape index (κ1) is 11.3. The van der Waals surface area contributed by atoms with E-state index in [1.165, 1.54) is 26.2 Å². The molecule has 3 nitrogen and oxygen atoms in total. The Morgan fingerprint density at radius 2 is 2.00 bits per heavy atom. The summed E-state index contributed by atoms with van der Waals surface area (Å²) >= 11 is 0. The van der Waals surface area contributed by atoms with Gasteiger partial charge in [0, 0.05) is 16.2 Å². The predicted molar refractivity (Wildman–Crippen MR) is 50.7 cm³/mol. The van der Waals surface area contributed by atoms with Crippen molar-refractivity contribution in [3.8, 4) is 5.75 Å². The molecule has 0 atom stereocenters. The summed E-state index contributed by atoms with van der Waals surface area (Å²) in [6.07, 6.45) is 0. The molecule has 0 aliphatic carbocycles. The van der Waals surface area contributed by atoms with E-state index in [-0.39, 0.29) is 16.2 Å². The Morgan fingerprint density at radius 1 is 1.43 bits per heavy atom. The Balaban J connectivity index is 3.47. The summed E-state index contributed by atoms with van der Waals surface area (Å²) in [5.41, 5.74) is -0.0423. The predicted octanol–water partition coefficient (Wildman–Crippen LogP) is 2.07. The molecule has 0 spiro atoms. The SMILES string of the molecule is COc1ccc(S(=O)(=O)Cl)c(C)c1F. The van der Waals surface area contributed by atoms with Crippen molar-refractivity contribution in [3.63, 3.8) is 0 Å². The lowest BCUT2D eigenvalue weighted by molar-refractivity contribution is 0.384. The van der Waals surface area contributed by atoms with Crippen LogP contribution >= 0.6 is 10.7 Å². The van der Waals surface area contributed by atoms with Gasteiger partial charge in [0.25, 0.3) is 9.05 Å². The molecule has 0 saturated heterocycles. The normalized spacial score (nSPS) is 11.4. The van der Waals surface area contributed by atoms with Gasteiger partial charge >= 0.3 is 0 Å². The van der Waals surface area contributed by atoms with Gasteiger partial charge in [0.15, 0.2) is 11.6 Å². The number of hydrogen-bond acceptors (Lipinski definition) is 3. The third-order valence-corrected chi connectivity index (χ3v) is 3.25. The van der Waals surface area contributed by atoms with Gasteiger partial charge in [-0.1, -0.05) is 0 Å². The number of ether oxygens (including phenoxy) is 1. The molecular weight excluding hydrogens is 231 g/mol. The summed E-state index contributed by atoms with van der Waals surface area (Å²) in [7, 11) is 2.49. The molecule has 0 heterocycles. The third kappa shape index (κ3) is 1.99. The molecule has 1 aromatic carbocycles. The van der Waals surface area contributed by atoms with Crippen LogP contribution in [0.3, 0.4) is 0 Å². The Hall–Kier alpha value is -0.810. The van der Waals surface area contributed by atoms with Crippen LogP contribution in [0.25, 0.3) is 0 Å². The van der Waals surface area contributed by atoms with Crippen LogP contribution in [-0.2, 0) is 9.05 Å². The first-order valence-electron chi connectivity index (χ1n) is 3.65. The van der Waals surface area contributed by atoms with E-state index in [0.29, 0.717) is 0 Å². The fraction of sp³-hybridized carbons (Fsp3) is 0.250. The van der Waals surface area contributed by atoms with Crippen molar-refractivity contribution >= 4 is 19.7 Å². The molecule has 0 aromatic heterocycles. The summed E-state index contributed by atoms with van der Waals surface area (Å²) in [4.78, 5) is -0.238. The molecule has 0 bridgehead atoms. The second-order valence-electron chi connectivity index (χ2n) is 2.64. The second-order valence-corrected chi connectivity index (χ2v) is 5.18. The van der Waals surface area contributed by atoms with Crippen molar-refractivity contribution in [1.82, 2.24) is 0 Å². The van der Waals surface area contributed by atoms with Crippen molar-refractivity contribution in [2.75, 3.05) is 7.11 Å². The monoisotopic (exact) mass is 238 g/mol. The second kappa shape index (κ2) is 3.74. The average molecular weight is 239 g/mol. The Bertz CT molecular complexity index is 456. The van der Waals surface area contributed by atoms with E-state index in [1.807, 2.05) is 0 Å². The summed E-state index contributed by atoms with van der Waals surface area (Å²) < 4.78 is 40.0. The molecule has 6 heteroatoms. The average Bonchev–Trinajstić information content (AvgIpc) is 2.07. The van der Waals surface area contributed by atoms with E-state index in [0.717, 1.165) is 0 Å². The van der Waals surface area contributed by atoms with E-state index >= 15 is 0 Å². The number of hydrogen-bond donors (Lipinski definition) is 0. The zero-order chi connectivity index (χ0) is 10.9. The van der Waals surface area contributed by atoms with E-state index in [9.17, 15) is 12.8 Å². The molecule has 14 heavy (non-hydrogen) atoms. The molecule has 0 unspecified atom stereocenters. The minimum absolute atomic E-state index is 0.00781. The minimum atomic E-state index is -3.90. The standard InChI is InChI=1S/C8H8ClFO3S/c1-5-7(14(9,11)12)4-3-6(13-2)8(5)10/h3-4H,1-2H3. The van der Waals surface area contributed by atoms with Crippen molar-refractivity contribution in [1.29, 1.82) is 0 Å². The summed E-state index contributed by atoms with van der Waals surface area (Å²) in [6.45, 7) is 1.33. The van der Waals surface area contributed by atoms with Gasteiger partial charge in [-0.15, -0.1) is 0 Å². The van der Waals surface area contributed by atoms with Gasteiger partial charge in [-0.3, -0.25) is 0 Å².